The van der Waals surface area contributed by atoms with E-state index in [9.17, 15) is 4.79 Å². The molecule has 6 nitrogen and oxygen atoms in total. The Hall–Kier alpha value is -3.41. The molecule has 0 fully saturated rings. The lowest BCUT2D eigenvalue weighted by molar-refractivity contribution is 0.102. The normalized spacial score (nSPS) is 10.4. The summed E-state index contributed by atoms with van der Waals surface area (Å²) in [4.78, 5) is 21.2. The molecule has 0 bridgehead atoms. The van der Waals surface area contributed by atoms with Crippen LogP contribution in [0.3, 0.4) is 0 Å². The fourth-order valence-corrected chi connectivity index (χ4v) is 2.81. The number of nitrogens with one attached hydrogen (secondary N) is 2. The van der Waals surface area contributed by atoms with E-state index in [2.05, 4.69) is 26.7 Å². The van der Waals surface area contributed by atoms with Crippen LogP contribution in [-0.4, -0.2) is 23.0 Å². The molecule has 0 saturated carbocycles. The topological polar surface area (TPSA) is 76.1 Å². The molecule has 2 N–H and O–H groups in total. The Morgan fingerprint density at radius 3 is 2.19 bits per heavy atom. The molecule has 0 aliphatic carbocycles. The van der Waals surface area contributed by atoms with E-state index in [-0.39, 0.29) is 5.91 Å². The fourth-order valence-electron chi connectivity index (χ4n) is 2.81. The average molecular weight is 362 g/mol. The monoisotopic (exact) mass is 362 g/mol. The van der Waals surface area contributed by atoms with Crippen LogP contribution in [0.4, 0.5) is 17.2 Å². The number of nitrogens with zero attached hydrogens (tertiary/aromatic N) is 2. The van der Waals surface area contributed by atoms with Crippen molar-refractivity contribution in [3.63, 3.8) is 0 Å². The van der Waals surface area contributed by atoms with Crippen LogP contribution in [0.2, 0.25) is 0 Å². The first-order chi connectivity index (χ1) is 12.9. The van der Waals surface area contributed by atoms with Crippen molar-refractivity contribution in [1.29, 1.82) is 0 Å². The second-order valence-electron chi connectivity index (χ2n) is 6.37. The molecule has 138 valence electrons. The Labute approximate surface area is 158 Å². The molecule has 0 radical (unpaired) electrons. The third-order valence-corrected chi connectivity index (χ3v) is 3.91. The summed E-state index contributed by atoms with van der Waals surface area (Å²) in [5.74, 6) is 1.52. The Balaban J connectivity index is 1.80. The second kappa shape index (κ2) is 7.86. The standard InChI is InChI=1S/C21H22N4O2/c1-13-9-14(2)11-17(10-13)24-20-12-19(22-15(3)23-20)21(26)25-16-5-7-18(27-4)8-6-16/h5-12H,1-4H3,(H,25,26)(H,22,23,24). The highest BCUT2D eigenvalue weighted by Gasteiger charge is 2.11. The lowest BCUT2D eigenvalue weighted by atomic mass is 10.1. The number of hydrogen-bond acceptors (Lipinski definition) is 5. The van der Waals surface area contributed by atoms with E-state index in [1.54, 1.807) is 44.4 Å². The van der Waals surface area contributed by atoms with Crippen LogP contribution in [0.25, 0.3) is 0 Å². The van der Waals surface area contributed by atoms with Crippen molar-refractivity contribution in [2.24, 2.45) is 0 Å². The molecule has 2 aromatic carbocycles. The number of hydrogen-bond donors (Lipinski definition) is 2. The summed E-state index contributed by atoms with van der Waals surface area (Å²) in [6.07, 6.45) is 0. The quantitative estimate of drug-likeness (QED) is 0.703. The van der Waals surface area contributed by atoms with E-state index < -0.39 is 0 Å². The van der Waals surface area contributed by atoms with Crippen molar-refractivity contribution in [3.8, 4) is 5.75 Å². The van der Waals surface area contributed by atoms with E-state index in [1.807, 2.05) is 26.0 Å². The van der Waals surface area contributed by atoms with Gasteiger partial charge >= 0.3 is 0 Å². The summed E-state index contributed by atoms with van der Waals surface area (Å²) in [5.41, 5.74) is 4.19. The fraction of sp³-hybridized carbons (Fsp3) is 0.190. The van der Waals surface area contributed by atoms with Gasteiger partial charge in [-0.1, -0.05) is 6.07 Å². The van der Waals surface area contributed by atoms with Crippen LogP contribution in [-0.2, 0) is 0 Å². The number of anilines is 3. The van der Waals surface area contributed by atoms with Crippen LogP contribution in [0.5, 0.6) is 5.75 Å². The number of ether oxygens (including phenoxy) is 1. The summed E-state index contributed by atoms with van der Waals surface area (Å²) in [6.45, 7) is 5.84. The molecule has 1 heterocycles. The number of aryl methyl sites for hydroxylation is 3. The van der Waals surface area contributed by atoms with E-state index in [0.29, 0.717) is 23.0 Å². The van der Waals surface area contributed by atoms with Gasteiger partial charge in [-0.2, -0.15) is 0 Å². The lowest BCUT2D eigenvalue weighted by Crippen LogP contribution is -2.15. The first kappa shape index (κ1) is 18.4. The molecule has 1 amide bonds. The number of methoxy groups -OCH3 is 1. The van der Waals surface area contributed by atoms with Crippen LogP contribution >= 0.6 is 0 Å². The van der Waals surface area contributed by atoms with Crippen molar-refractivity contribution in [2.75, 3.05) is 17.7 Å². The number of carbonyl (C=O) groups is 1. The highest BCUT2D eigenvalue weighted by molar-refractivity contribution is 6.03. The number of aromatic nitrogens is 2. The van der Waals surface area contributed by atoms with E-state index in [1.165, 1.54) is 0 Å². The molecule has 1 aromatic heterocycles. The molecule has 0 saturated heterocycles. The van der Waals surface area contributed by atoms with Gasteiger partial charge in [0.05, 0.1) is 7.11 Å². The number of amides is 1. The molecule has 0 unspecified atom stereocenters. The van der Waals surface area contributed by atoms with Gasteiger partial charge in [0.2, 0.25) is 0 Å². The zero-order valence-corrected chi connectivity index (χ0v) is 15.8. The minimum Gasteiger partial charge on any atom is -0.497 e. The zero-order valence-electron chi connectivity index (χ0n) is 15.8. The third kappa shape index (κ3) is 4.82. The van der Waals surface area contributed by atoms with E-state index in [0.717, 1.165) is 22.6 Å². The average Bonchev–Trinajstić information content (AvgIpc) is 2.61. The number of rotatable bonds is 5. The number of benzene rings is 2. The van der Waals surface area contributed by atoms with Crippen molar-refractivity contribution in [3.05, 3.63) is 71.2 Å². The smallest absolute Gasteiger partial charge is 0.274 e. The molecular weight excluding hydrogens is 340 g/mol. The molecule has 0 spiro atoms. The van der Waals surface area contributed by atoms with Gasteiger partial charge in [-0.3, -0.25) is 4.79 Å². The third-order valence-electron chi connectivity index (χ3n) is 3.91. The van der Waals surface area contributed by atoms with Gasteiger partial charge in [-0.05, 0) is 68.3 Å². The van der Waals surface area contributed by atoms with Gasteiger partial charge in [0.25, 0.3) is 5.91 Å². The molecule has 6 heteroatoms. The molecule has 3 aromatic rings. The Kier molecular flexibility index (Phi) is 5.35. The van der Waals surface area contributed by atoms with E-state index in [4.69, 9.17) is 4.74 Å². The van der Waals surface area contributed by atoms with Crippen molar-refractivity contribution in [1.82, 2.24) is 9.97 Å². The van der Waals surface area contributed by atoms with E-state index >= 15 is 0 Å². The molecule has 3 rings (SSSR count). The minimum atomic E-state index is -0.297. The molecule has 0 aliphatic heterocycles. The van der Waals surface area contributed by atoms with Crippen molar-refractivity contribution < 1.29 is 9.53 Å². The zero-order chi connectivity index (χ0) is 19.4. The summed E-state index contributed by atoms with van der Waals surface area (Å²) in [6, 6.07) is 14.9. The van der Waals surface area contributed by atoms with Gasteiger partial charge < -0.3 is 15.4 Å². The summed E-state index contributed by atoms with van der Waals surface area (Å²) in [5, 5.41) is 6.09. The Morgan fingerprint density at radius 2 is 1.56 bits per heavy atom. The van der Waals surface area contributed by atoms with Gasteiger partial charge in [-0.25, -0.2) is 9.97 Å². The molecular formula is C21H22N4O2. The first-order valence-corrected chi connectivity index (χ1v) is 8.59. The van der Waals surface area contributed by atoms with Gasteiger partial charge in [0.1, 0.15) is 23.1 Å². The van der Waals surface area contributed by atoms with Crippen LogP contribution in [0, 0.1) is 20.8 Å². The molecule has 0 aliphatic rings. The van der Waals surface area contributed by atoms with Crippen LogP contribution in [0.1, 0.15) is 27.4 Å². The SMILES string of the molecule is COc1ccc(NC(=O)c2cc(Nc3cc(C)cc(C)c3)nc(C)n2)cc1. The highest BCUT2D eigenvalue weighted by atomic mass is 16.5. The lowest BCUT2D eigenvalue weighted by Gasteiger charge is -2.11. The Morgan fingerprint density at radius 1 is 0.889 bits per heavy atom. The second-order valence-corrected chi connectivity index (χ2v) is 6.37. The predicted molar refractivity (Wildman–Crippen MR) is 107 cm³/mol. The highest BCUT2D eigenvalue weighted by Crippen LogP contribution is 2.20. The largest absolute Gasteiger partial charge is 0.497 e. The van der Waals surface area contributed by atoms with Crippen molar-refractivity contribution in [2.45, 2.75) is 20.8 Å². The summed E-state index contributed by atoms with van der Waals surface area (Å²) in [7, 11) is 1.60. The maximum absolute atomic E-state index is 12.6. The van der Waals surface area contributed by atoms with Gasteiger partial charge in [-0.15, -0.1) is 0 Å². The molecule has 27 heavy (non-hydrogen) atoms. The van der Waals surface area contributed by atoms with Gasteiger partial charge in [0, 0.05) is 17.4 Å². The Bertz CT molecular complexity index is 948. The summed E-state index contributed by atoms with van der Waals surface area (Å²) < 4.78 is 5.12. The summed E-state index contributed by atoms with van der Waals surface area (Å²) >= 11 is 0. The molecule has 0 atom stereocenters. The van der Waals surface area contributed by atoms with Crippen LogP contribution in [0.15, 0.2) is 48.5 Å². The minimum absolute atomic E-state index is 0.296. The van der Waals surface area contributed by atoms with Crippen molar-refractivity contribution >= 4 is 23.1 Å². The van der Waals surface area contributed by atoms with Gasteiger partial charge in [0.15, 0.2) is 0 Å². The maximum atomic E-state index is 12.6. The maximum Gasteiger partial charge on any atom is 0.274 e. The predicted octanol–water partition coefficient (Wildman–Crippen LogP) is 4.41. The first-order valence-electron chi connectivity index (χ1n) is 8.59. The number of carbonyl (C=O) groups excluding carboxylic acids is 1. The van der Waals surface area contributed by atoms with Crippen LogP contribution < -0.4 is 15.4 Å².